The number of benzene rings is 1. The van der Waals surface area contributed by atoms with E-state index in [1.54, 1.807) is 13.8 Å². The molecular weight excluding hydrogens is 204 g/mol. The minimum absolute atomic E-state index is 0.133. The van der Waals surface area contributed by atoms with Crippen molar-refractivity contribution in [3.8, 4) is 0 Å². The van der Waals surface area contributed by atoms with E-state index in [9.17, 15) is 9.90 Å². The Labute approximate surface area is 95.7 Å². The van der Waals surface area contributed by atoms with Gasteiger partial charge in [-0.2, -0.15) is 0 Å². The summed E-state index contributed by atoms with van der Waals surface area (Å²) in [5.41, 5.74) is 0.0310. The fourth-order valence-corrected chi connectivity index (χ4v) is 1.12. The highest BCUT2D eigenvalue weighted by Crippen LogP contribution is 2.03. The van der Waals surface area contributed by atoms with E-state index >= 15 is 0 Å². The Morgan fingerprint density at radius 3 is 2.50 bits per heavy atom. The Morgan fingerprint density at radius 2 is 1.94 bits per heavy atom. The van der Waals surface area contributed by atoms with Gasteiger partial charge in [0.25, 0.3) is 0 Å². The summed E-state index contributed by atoms with van der Waals surface area (Å²) in [6, 6.07) is 9.50. The molecule has 1 aromatic rings. The summed E-state index contributed by atoms with van der Waals surface area (Å²) in [5, 5.41) is 15.0. The molecule has 0 saturated heterocycles. The Bertz CT molecular complexity index is 331. The number of nitrogens with one attached hydrogen (secondary N) is 2. The Hall–Kier alpha value is -1.55. The Kier molecular flexibility index (Phi) is 4.31. The molecule has 0 saturated carbocycles. The van der Waals surface area contributed by atoms with Crippen molar-refractivity contribution in [1.29, 1.82) is 0 Å². The van der Waals surface area contributed by atoms with Crippen LogP contribution in [0.15, 0.2) is 30.3 Å². The molecule has 4 heteroatoms. The number of hydrogen-bond acceptors (Lipinski definition) is 3. The predicted molar refractivity (Wildman–Crippen MR) is 64.2 cm³/mol. The van der Waals surface area contributed by atoms with Crippen LogP contribution in [-0.2, 0) is 4.79 Å². The molecule has 0 atom stereocenters. The first-order chi connectivity index (χ1) is 7.47. The van der Waals surface area contributed by atoms with Gasteiger partial charge in [-0.25, -0.2) is 0 Å². The lowest BCUT2D eigenvalue weighted by Crippen LogP contribution is -2.40. The van der Waals surface area contributed by atoms with Crippen LogP contribution < -0.4 is 10.6 Å². The quantitative estimate of drug-likeness (QED) is 0.696. The van der Waals surface area contributed by atoms with Gasteiger partial charge in [0, 0.05) is 12.2 Å². The maximum atomic E-state index is 11.4. The van der Waals surface area contributed by atoms with E-state index in [1.165, 1.54) is 0 Å². The fourth-order valence-electron chi connectivity index (χ4n) is 1.12. The molecule has 88 valence electrons. The van der Waals surface area contributed by atoms with Crippen LogP contribution in [-0.4, -0.2) is 29.7 Å². The summed E-state index contributed by atoms with van der Waals surface area (Å²) >= 11 is 0. The molecule has 0 heterocycles. The lowest BCUT2D eigenvalue weighted by molar-refractivity contribution is -0.120. The molecule has 16 heavy (non-hydrogen) atoms. The topological polar surface area (TPSA) is 61.4 Å². The maximum absolute atomic E-state index is 11.4. The van der Waals surface area contributed by atoms with Crippen molar-refractivity contribution in [2.45, 2.75) is 19.4 Å². The van der Waals surface area contributed by atoms with Gasteiger partial charge >= 0.3 is 0 Å². The van der Waals surface area contributed by atoms with Crippen molar-refractivity contribution < 1.29 is 9.90 Å². The number of aliphatic hydroxyl groups is 1. The summed E-state index contributed by atoms with van der Waals surface area (Å²) in [4.78, 5) is 11.4. The summed E-state index contributed by atoms with van der Waals surface area (Å²) < 4.78 is 0. The monoisotopic (exact) mass is 222 g/mol. The van der Waals surface area contributed by atoms with E-state index in [0.717, 1.165) is 5.69 Å². The zero-order valence-electron chi connectivity index (χ0n) is 9.66. The van der Waals surface area contributed by atoms with Gasteiger partial charge in [0.15, 0.2) is 0 Å². The number of amides is 1. The van der Waals surface area contributed by atoms with Crippen molar-refractivity contribution in [2.75, 3.05) is 18.4 Å². The van der Waals surface area contributed by atoms with E-state index in [0.29, 0.717) is 0 Å². The first-order valence-electron chi connectivity index (χ1n) is 5.25. The minimum atomic E-state index is -0.873. The lowest BCUT2D eigenvalue weighted by Gasteiger charge is -2.17. The average molecular weight is 222 g/mol. The molecule has 0 aliphatic rings. The molecular formula is C12H18N2O2. The van der Waals surface area contributed by atoms with Crippen molar-refractivity contribution in [1.82, 2.24) is 5.32 Å². The third-order valence-corrected chi connectivity index (χ3v) is 1.95. The van der Waals surface area contributed by atoms with Crippen LogP contribution in [0.25, 0.3) is 0 Å². The molecule has 3 N–H and O–H groups in total. The first-order valence-corrected chi connectivity index (χ1v) is 5.25. The average Bonchev–Trinajstić information content (AvgIpc) is 2.24. The molecule has 1 rings (SSSR count). The van der Waals surface area contributed by atoms with Crippen LogP contribution in [0.3, 0.4) is 0 Å². The number of anilines is 1. The first kappa shape index (κ1) is 12.5. The van der Waals surface area contributed by atoms with Gasteiger partial charge in [-0.3, -0.25) is 4.79 Å². The summed E-state index contributed by atoms with van der Waals surface area (Å²) in [7, 11) is 0. The molecule has 0 unspecified atom stereocenters. The van der Waals surface area contributed by atoms with Crippen LogP contribution in [0, 0.1) is 0 Å². The summed E-state index contributed by atoms with van der Waals surface area (Å²) in [5.74, 6) is -0.133. The molecule has 1 aromatic carbocycles. The number of rotatable bonds is 5. The molecule has 4 nitrogen and oxygen atoms in total. The van der Waals surface area contributed by atoms with Crippen LogP contribution >= 0.6 is 0 Å². The Balaban J connectivity index is 2.26. The van der Waals surface area contributed by atoms with Crippen molar-refractivity contribution >= 4 is 11.6 Å². The van der Waals surface area contributed by atoms with Crippen LogP contribution in [0.4, 0.5) is 5.69 Å². The summed E-state index contributed by atoms with van der Waals surface area (Å²) in [6.45, 7) is 3.76. The van der Waals surface area contributed by atoms with Crippen molar-refractivity contribution in [3.63, 3.8) is 0 Å². The van der Waals surface area contributed by atoms with Crippen LogP contribution in [0.1, 0.15) is 13.8 Å². The summed E-state index contributed by atoms with van der Waals surface area (Å²) in [6.07, 6.45) is 0. The normalized spacial score (nSPS) is 10.9. The fraction of sp³-hybridized carbons (Fsp3) is 0.417. The van der Waals surface area contributed by atoms with E-state index in [2.05, 4.69) is 10.6 Å². The Morgan fingerprint density at radius 1 is 1.31 bits per heavy atom. The third-order valence-electron chi connectivity index (χ3n) is 1.95. The SMILES string of the molecule is CC(C)(O)CNC(=O)CNc1ccccc1. The highest BCUT2D eigenvalue weighted by atomic mass is 16.3. The van der Waals surface area contributed by atoms with Crippen LogP contribution in [0.5, 0.6) is 0 Å². The molecule has 0 spiro atoms. The third kappa shape index (κ3) is 5.36. The standard InChI is InChI=1S/C12H18N2O2/c1-12(2,16)9-14-11(15)8-13-10-6-4-3-5-7-10/h3-7,13,16H,8-9H2,1-2H3,(H,14,15). The van der Waals surface area contributed by atoms with Gasteiger partial charge in [0.05, 0.1) is 12.1 Å². The second-order valence-corrected chi connectivity index (χ2v) is 4.31. The zero-order valence-corrected chi connectivity index (χ0v) is 9.66. The van der Waals surface area contributed by atoms with Gasteiger partial charge in [0.2, 0.25) is 5.91 Å². The van der Waals surface area contributed by atoms with Gasteiger partial charge in [-0.05, 0) is 26.0 Å². The molecule has 0 fully saturated rings. The molecule has 0 aliphatic heterocycles. The van der Waals surface area contributed by atoms with Crippen molar-refractivity contribution in [3.05, 3.63) is 30.3 Å². The van der Waals surface area contributed by atoms with E-state index in [1.807, 2.05) is 30.3 Å². The molecule has 0 aromatic heterocycles. The molecule has 1 amide bonds. The number of hydrogen-bond donors (Lipinski definition) is 3. The highest BCUT2D eigenvalue weighted by molar-refractivity contribution is 5.80. The van der Waals surface area contributed by atoms with Gasteiger partial charge in [0.1, 0.15) is 0 Å². The molecule has 0 bridgehead atoms. The highest BCUT2D eigenvalue weighted by Gasteiger charge is 2.13. The van der Waals surface area contributed by atoms with E-state index in [-0.39, 0.29) is 19.0 Å². The zero-order chi connectivity index (χ0) is 12.0. The predicted octanol–water partition coefficient (Wildman–Crippen LogP) is 0.986. The number of para-hydroxylation sites is 1. The van der Waals surface area contributed by atoms with Gasteiger partial charge in [-0.1, -0.05) is 18.2 Å². The van der Waals surface area contributed by atoms with Crippen molar-refractivity contribution in [2.24, 2.45) is 0 Å². The van der Waals surface area contributed by atoms with E-state index < -0.39 is 5.60 Å². The van der Waals surface area contributed by atoms with Gasteiger partial charge < -0.3 is 15.7 Å². The second kappa shape index (κ2) is 5.51. The smallest absolute Gasteiger partial charge is 0.239 e. The minimum Gasteiger partial charge on any atom is -0.389 e. The number of carbonyl (C=O) groups is 1. The molecule has 0 aliphatic carbocycles. The molecule has 0 radical (unpaired) electrons. The van der Waals surface area contributed by atoms with Crippen LogP contribution in [0.2, 0.25) is 0 Å². The largest absolute Gasteiger partial charge is 0.389 e. The number of carbonyl (C=O) groups excluding carboxylic acids is 1. The van der Waals surface area contributed by atoms with E-state index in [4.69, 9.17) is 0 Å². The maximum Gasteiger partial charge on any atom is 0.239 e. The lowest BCUT2D eigenvalue weighted by atomic mass is 10.1. The van der Waals surface area contributed by atoms with Gasteiger partial charge in [-0.15, -0.1) is 0 Å². The second-order valence-electron chi connectivity index (χ2n) is 4.31.